The molecule has 0 saturated heterocycles. The third-order valence-corrected chi connectivity index (χ3v) is 0.897. The van der Waals surface area contributed by atoms with Gasteiger partial charge in [0.15, 0.2) is 0 Å². The van der Waals surface area contributed by atoms with Gasteiger partial charge < -0.3 is 4.74 Å². The van der Waals surface area contributed by atoms with E-state index in [0.29, 0.717) is 5.09 Å². The summed E-state index contributed by atoms with van der Waals surface area (Å²) in [6.45, 7) is 1.87. The number of rotatable bonds is 1. The van der Waals surface area contributed by atoms with Crippen molar-refractivity contribution in [3.63, 3.8) is 0 Å². The first-order valence-corrected chi connectivity index (χ1v) is 2.15. The van der Waals surface area contributed by atoms with Crippen LogP contribution in [0, 0.1) is 0 Å². The van der Waals surface area contributed by atoms with E-state index in [1.54, 1.807) is 13.2 Å². The van der Waals surface area contributed by atoms with Crippen LogP contribution < -0.4 is 0 Å². The lowest BCUT2D eigenvalue weighted by molar-refractivity contribution is 0.325. The molecule has 0 heterocycles. The highest BCUT2D eigenvalue weighted by molar-refractivity contribution is 7.84. The van der Waals surface area contributed by atoms with Crippen LogP contribution in [-0.2, 0) is 4.74 Å². The van der Waals surface area contributed by atoms with Crippen LogP contribution in [0.3, 0.4) is 0 Å². The Morgan fingerprint density at radius 3 is 2.33 bits per heavy atom. The Morgan fingerprint density at radius 2 is 2.33 bits per heavy atom. The van der Waals surface area contributed by atoms with Crippen LogP contribution in [0.15, 0.2) is 11.2 Å². The molecule has 1 nitrogen and oxygen atoms in total. The summed E-state index contributed by atoms with van der Waals surface area (Å²) in [7, 11) is 1.59. The van der Waals surface area contributed by atoms with Crippen molar-refractivity contribution in [3.05, 3.63) is 11.2 Å². The van der Waals surface area contributed by atoms with Gasteiger partial charge in [-0.3, -0.25) is 0 Å². The molecule has 0 rings (SSSR count). The molecule has 0 unspecified atom stereocenters. The number of ether oxygens (including phenoxy) is 1. The van der Waals surface area contributed by atoms with Crippen LogP contribution in [0.4, 0.5) is 0 Å². The van der Waals surface area contributed by atoms with Crippen molar-refractivity contribution in [3.8, 4) is 0 Å². The summed E-state index contributed by atoms with van der Waals surface area (Å²) in [4.78, 5) is 0. The highest BCUT2D eigenvalue weighted by atomic mass is 32.1. The average Bonchev–Trinajstić information content (AvgIpc) is 1.65. The summed E-state index contributed by atoms with van der Waals surface area (Å²) in [5.74, 6) is 0. The predicted molar refractivity (Wildman–Crippen MR) is 29.8 cm³/mol. The van der Waals surface area contributed by atoms with Crippen molar-refractivity contribution in [2.24, 2.45) is 0 Å². The fraction of sp³-hybridized carbons (Fsp3) is 0.500. The molecule has 0 spiro atoms. The molecule has 0 amide bonds. The molecule has 0 aliphatic heterocycles. The van der Waals surface area contributed by atoms with Crippen molar-refractivity contribution >= 4 is 12.6 Å². The Bertz CT molecular complexity index is 58.6. The third kappa shape index (κ3) is 2.15. The molecule has 0 atom stereocenters. The minimum absolute atomic E-state index is 0.662. The van der Waals surface area contributed by atoms with E-state index < -0.39 is 0 Å². The highest BCUT2D eigenvalue weighted by Crippen LogP contribution is 1.96. The summed E-state index contributed by atoms with van der Waals surface area (Å²) in [6.07, 6.45) is 1.78. The van der Waals surface area contributed by atoms with Crippen molar-refractivity contribution in [2.45, 2.75) is 6.92 Å². The van der Waals surface area contributed by atoms with Gasteiger partial charge >= 0.3 is 0 Å². The zero-order valence-electron chi connectivity index (χ0n) is 3.93. The minimum atomic E-state index is 0.662. The zero-order chi connectivity index (χ0) is 4.99. The van der Waals surface area contributed by atoms with Crippen LogP contribution in [0.1, 0.15) is 6.92 Å². The number of hydrogen-bond donors (Lipinski definition) is 1. The number of hydrogen-bond acceptors (Lipinski definition) is 2. The Balaban J connectivity index is 3.22. The van der Waals surface area contributed by atoms with Gasteiger partial charge in [0, 0.05) is 0 Å². The molecule has 0 aliphatic rings. The monoisotopic (exact) mass is 104 g/mol. The van der Waals surface area contributed by atoms with E-state index in [-0.39, 0.29) is 0 Å². The largest absolute Gasteiger partial charge is 0.491 e. The molecule has 0 aromatic rings. The maximum Gasteiger partial charge on any atom is 0.145 e. The number of allylic oxidation sites excluding steroid dienone is 1. The second-order valence-corrected chi connectivity index (χ2v) is 1.27. The van der Waals surface area contributed by atoms with E-state index in [9.17, 15) is 0 Å². The van der Waals surface area contributed by atoms with E-state index in [1.807, 2.05) is 6.92 Å². The van der Waals surface area contributed by atoms with Gasteiger partial charge in [-0.05, 0) is 13.0 Å². The summed E-state index contributed by atoms with van der Waals surface area (Å²) in [5, 5.41) is 0.662. The molecular formula is C4H8OS. The maximum atomic E-state index is 4.62. The Labute approximate surface area is 43.4 Å². The van der Waals surface area contributed by atoms with Gasteiger partial charge in [0.1, 0.15) is 5.09 Å². The van der Waals surface area contributed by atoms with Gasteiger partial charge in [-0.25, -0.2) is 0 Å². The van der Waals surface area contributed by atoms with Gasteiger partial charge in [0.2, 0.25) is 0 Å². The Hall–Kier alpha value is -0.110. The number of methoxy groups -OCH3 is 1. The summed E-state index contributed by atoms with van der Waals surface area (Å²) in [6, 6.07) is 0. The first-order chi connectivity index (χ1) is 2.81. The van der Waals surface area contributed by atoms with Gasteiger partial charge in [-0.2, -0.15) is 0 Å². The summed E-state index contributed by atoms with van der Waals surface area (Å²) in [5.41, 5.74) is 0. The van der Waals surface area contributed by atoms with Crippen LogP contribution in [0.5, 0.6) is 0 Å². The third-order valence-electron chi connectivity index (χ3n) is 0.456. The first kappa shape index (κ1) is 5.89. The summed E-state index contributed by atoms with van der Waals surface area (Å²) < 4.78 is 4.62. The lowest BCUT2D eigenvalue weighted by Gasteiger charge is -1.90. The predicted octanol–water partition coefficient (Wildman–Crippen LogP) is 1.42. The zero-order valence-corrected chi connectivity index (χ0v) is 4.83. The van der Waals surface area contributed by atoms with Gasteiger partial charge in [0.25, 0.3) is 0 Å². The molecule has 0 radical (unpaired) electrons. The Kier molecular flexibility index (Phi) is 3.04. The van der Waals surface area contributed by atoms with E-state index in [4.69, 9.17) is 0 Å². The van der Waals surface area contributed by atoms with Crippen molar-refractivity contribution < 1.29 is 4.74 Å². The molecular weight excluding hydrogens is 96.1 g/mol. The van der Waals surface area contributed by atoms with Crippen molar-refractivity contribution in [1.82, 2.24) is 0 Å². The second kappa shape index (κ2) is 3.09. The van der Waals surface area contributed by atoms with Crippen molar-refractivity contribution in [2.75, 3.05) is 7.11 Å². The van der Waals surface area contributed by atoms with Crippen LogP contribution in [0.2, 0.25) is 0 Å². The van der Waals surface area contributed by atoms with Crippen LogP contribution >= 0.6 is 12.6 Å². The molecule has 6 heavy (non-hydrogen) atoms. The fourth-order valence-electron chi connectivity index (χ4n) is 0.118. The van der Waals surface area contributed by atoms with Gasteiger partial charge in [-0.15, -0.1) is 12.6 Å². The summed E-state index contributed by atoms with van der Waals surface area (Å²) >= 11 is 3.87. The van der Waals surface area contributed by atoms with Crippen LogP contribution in [-0.4, -0.2) is 7.11 Å². The lowest BCUT2D eigenvalue weighted by atomic mass is 10.7. The molecule has 0 bridgehead atoms. The maximum absolute atomic E-state index is 4.62. The molecule has 0 saturated carbocycles. The quantitative estimate of drug-likeness (QED) is 0.391. The first-order valence-electron chi connectivity index (χ1n) is 1.70. The Morgan fingerprint density at radius 1 is 1.83 bits per heavy atom. The van der Waals surface area contributed by atoms with E-state index in [2.05, 4.69) is 17.4 Å². The second-order valence-electron chi connectivity index (χ2n) is 0.831. The molecule has 0 aromatic heterocycles. The molecule has 2 heteroatoms. The standard InChI is InChI=1S/C4H8OS/c1-3-4(6)5-2/h3,6H,1-2H3/b4-3-. The normalized spacial score (nSPS) is 11.5. The minimum Gasteiger partial charge on any atom is -0.491 e. The lowest BCUT2D eigenvalue weighted by Crippen LogP contribution is -1.70. The molecule has 0 fully saturated rings. The number of thiol groups is 1. The highest BCUT2D eigenvalue weighted by Gasteiger charge is 1.73. The fourth-order valence-corrected chi connectivity index (χ4v) is 0.118. The molecule has 0 aromatic carbocycles. The smallest absolute Gasteiger partial charge is 0.145 e. The molecule has 0 N–H and O–H groups in total. The van der Waals surface area contributed by atoms with Gasteiger partial charge in [0.05, 0.1) is 7.11 Å². The SMILES string of the molecule is C/C=C(\S)OC. The average molecular weight is 104 g/mol. The van der Waals surface area contributed by atoms with E-state index in [0.717, 1.165) is 0 Å². The van der Waals surface area contributed by atoms with E-state index >= 15 is 0 Å². The van der Waals surface area contributed by atoms with Crippen LogP contribution in [0.25, 0.3) is 0 Å². The topological polar surface area (TPSA) is 9.23 Å². The van der Waals surface area contributed by atoms with E-state index in [1.165, 1.54) is 0 Å². The molecule has 36 valence electrons. The van der Waals surface area contributed by atoms with Crippen molar-refractivity contribution in [1.29, 1.82) is 0 Å². The molecule has 0 aliphatic carbocycles. The van der Waals surface area contributed by atoms with Gasteiger partial charge in [-0.1, -0.05) is 0 Å².